The van der Waals surface area contributed by atoms with Crippen LogP contribution < -0.4 is 21.7 Å². The second-order valence-corrected chi connectivity index (χ2v) is 15.2. The number of esters is 2. The number of ketones is 1. The van der Waals surface area contributed by atoms with Crippen molar-refractivity contribution in [1.82, 2.24) is 20.3 Å². The summed E-state index contributed by atoms with van der Waals surface area (Å²) in [6, 6.07) is 5.05. The Morgan fingerprint density at radius 2 is 1.58 bits per heavy atom. The fraction of sp³-hybridized carbons (Fsp3) is 0.515. The van der Waals surface area contributed by atoms with Crippen LogP contribution in [0.15, 0.2) is 52.0 Å². The van der Waals surface area contributed by atoms with Gasteiger partial charge < -0.3 is 36.3 Å². The summed E-state index contributed by atoms with van der Waals surface area (Å²) in [7, 11) is -2.73. The second-order valence-electron chi connectivity index (χ2n) is 13.1. The molecule has 6 N–H and O–H groups in total. The average molecular weight is 718 g/mol. The fourth-order valence-electron chi connectivity index (χ4n) is 6.34. The fourth-order valence-corrected chi connectivity index (χ4v) is 7.52. The molecular formula is C33H43N5O11S. The minimum absolute atomic E-state index is 0.0281. The summed E-state index contributed by atoms with van der Waals surface area (Å²) < 4.78 is 38.7. The van der Waals surface area contributed by atoms with Gasteiger partial charge >= 0.3 is 11.9 Å². The van der Waals surface area contributed by atoms with Crippen molar-refractivity contribution in [3.05, 3.63) is 52.6 Å². The van der Waals surface area contributed by atoms with Gasteiger partial charge in [-0.05, 0) is 57.9 Å². The molecule has 0 bridgehead atoms. The van der Waals surface area contributed by atoms with Crippen molar-refractivity contribution in [3.8, 4) is 0 Å². The highest BCUT2D eigenvalue weighted by Gasteiger charge is 2.67. The molecule has 0 heterocycles. The third kappa shape index (κ3) is 7.50. The highest BCUT2D eigenvalue weighted by atomic mass is 32.2. The Morgan fingerprint density at radius 3 is 2.14 bits per heavy atom. The molecule has 3 aliphatic rings. The van der Waals surface area contributed by atoms with E-state index in [2.05, 4.69) is 16.0 Å². The number of carbonyl (C=O) groups excluding carboxylic acids is 6. The van der Waals surface area contributed by atoms with Crippen molar-refractivity contribution >= 4 is 45.5 Å². The number of fused-ring (bicyclic) bond motifs is 1. The SMILES string of the molecule is CC(=O)OC[C@]1(C)C=C2C(=O)[C@](C)(O)C3(CC3)C(C)=C2[C@H]1OC(=O)c1ccc(S(=O)(=O)N(C)CCNC(=O)CNC(=O)CNC(=O)CN)cc1. The van der Waals surface area contributed by atoms with E-state index in [-0.39, 0.29) is 55.4 Å². The number of ether oxygens (including phenoxy) is 2. The number of nitrogens with two attached hydrogens (primary N) is 1. The molecular weight excluding hydrogens is 674 g/mol. The summed E-state index contributed by atoms with van der Waals surface area (Å²) in [5.74, 6) is -3.56. The molecule has 1 saturated carbocycles. The molecule has 0 saturated heterocycles. The van der Waals surface area contributed by atoms with E-state index >= 15 is 0 Å². The lowest BCUT2D eigenvalue weighted by molar-refractivity contribution is -0.144. The van der Waals surface area contributed by atoms with E-state index in [1.165, 1.54) is 45.2 Å². The maximum Gasteiger partial charge on any atom is 0.338 e. The Labute approximate surface area is 289 Å². The van der Waals surface area contributed by atoms with Gasteiger partial charge in [0, 0.05) is 43.6 Å². The highest BCUT2D eigenvalue weighted by Crippen LogP contribution is 2.65. The van der Waals surface area contributed by atoms with Gasteiger partial charge in [0.15, 0.2) is 5.78 Å². The predicted molar refractivity (Wildman–Crippen MR) is 176 cm³/mol. The van der Waals surface area contributed by atoms with Crippen LogP contribution in [0.1, 0.15) is 50.9 Å². The number of nitrogens with one attached hydrogen (secondary N) is 3. The van der Waals surface area contributed by atoms with Crippen LogP contribution in [-0.2, 0) is 43.5 Å². The summed E-state index contributed by atoms with van der Waals surface area (Å²) in [5.41, 5.74) is 3.04. The molecule has 1 spiro atoms. The lowest BCUT2D eigenvalue weighted by Gasteiger charge is -2.40. The first-order chi connectivity index (χ1) is 23.3. The number of Topliss-reactive ketones (excluding diaryl/α,β-unsaturated/α-hetero) is 1. The monoisotopic (exact) mass is 717 g/mol. The summed E-state index contributed by atoms with van der Waals surface area (Å²) in [6.45, 7) is 4.83. The normalized spacial score (nSPS) is 23.6. The van der Waals surface area contributed by atoms with Gasteiger partial charge in [0.25, 0.3) is 0 Å². The summed E-state index contributed by atoms with van der Waals surface area (Å²) in [6.07, 6.45) is 1.73. The summed E-state index contributed by atoms with van der Waals surface area (Å²) in [5, 5.41) is 18.3. The molecule has 17 heteroatoms. The number of amides is 3. The Kier molecular flexibility index (Phi) is 11.1. The van der Waals surface area contributed by atoms with E-state index in [0.717, 1.165) is 9.88 Å². The number of hydrogen-bond donors (Lipinski definition) is 5. The quantitative estimate of drug-likeness (QED) is 0.147. The standard InChI is InChI=1S/C33H43N5O11S/c1-19-27-23(28(43)32(4,45)33(19)10-11-33)14-31(3,18-48-20(2)39)29(27)49-30(44)21-6-8-22(9-7-21)50(46,47)38(5)13-12-35-25(41)16-37-26(42)17-36-24(40)15-34/h6-9,14,29,45H,10-13,15-18,34H2,1-5H3,(H,35,41)(H,36,40)(H,37,42)/t29-,31+,32+/m1/s1. The Hall–Kier alpha value is -4.45. The molecule has 0 aliphatic heterocycles. The zero-order valence-corrected chi connectivity index (χ0v) is 29.4. The molecule has 272 valence electrons. The van der Waals surface area contributed by atoms with Crippen molar-refractivity contribution in [3.63, 3.8) is 0 Å². The molecule has 0 aromatic heterocycles. The van der Waals surface area contributed by atoms with E-state index in [1.807, 2.05) is 6.92 Å². The van der Waals surface area contributed by atoms with Crippen molar-refractivity contribution in [1.29, 1.82) is 0 Å². The molecule has 0 unspecified atom stereocenters. The first-order valence-electron chi connectivity index (χ1n) is 15.9. The maximum absolute atomic E-state index is 13.5. The zero-order valence-electron chi connectivity index (χ0n) is 28.6. The van der Waals surface area contributed by atoms with E-state index in [1.54, 1.807) is 13.0 Å². The van der Waals surface area contributed by atoms with Gasteiger partial charge in [0.2, 0.25) is 27.7 Å². The number of nitrogens with zero attached hydrogens (tertiary/aromatic N) is 1. The Balaban J connectivity index is 1.41. The molecule has 4 rings (SSSR count). The van der Waals surface area contributed by atoms with Crippen LogP contribution in [0.5, 0.6) is 0 Å². The van der Waals surface area contributed by atoms with Gasteiger partial charge in [-0.3, -0.25) is 24.0 Å². The number of rotatable bonds is 14. The minimum atomic E-state index is -4.04. The number of likely N-dealkylation sites (N-methyl/N-ethyl adjacent to an activating group) is 1. The van der Waals surface area contributed by atoms with Crippen molar-refractivity contribution < 1.29 is 51.8 Å². The Bertz CT molecular complexity index is 1760. The molecule has 3 aliphatic carbocycles. The van der Waals surface area contributed by atoms with Gasteiger partial charge in [-0.1, -0.05) is 11.6 Å². The Morgan fingerprint density at radius 1 is 1.00 bits per heavy atom. The van der Waals surface area contributed by atoms with E-state index < -0.39 is 68.0 Å². The zero-order chi connectivity index (χ0) is 37.2. The lowest BCUT2D eigenvalue weighted by atomic mass is 9.67. The van der Waals surface area contributed by atoms with E-state index in [4.69, 9.17) is 15.2 Å². The maximum atomic E-state index is 13.5. The summed E-state index contributed by atoms with van der Waals surface area (Å²) in [4.78, 5) is 73.5. The smallest absolute Gasteiger partial charge is 0.338 e. The molecule has 1 aromatic rings. The van der Waals surface area contributed by atoms with Crippen LogP contribution in [0.3, 0.4) is 0 Å². The number of hydrogen-bond acceptors (Lipinski definition) is 12. The van der Waals surface area contributed by atoms with Crippen molar-refractivity contribution in [2.75, 3.05) is 46.4 Å². The topological polar surface area (TPSA) is 241 Å². The number of aliphatic hydroxyl groups is 1. The lowest BCUT2D eigenvalue weighted by Crippen LogP contribution is -2.50. The molecule has 1 aromatic carbocycles. The van der Waals surface area contributed by atoms with Crippen LogP contribution in [0.2, 0.25) is 0 Å². The highest BCUT2D eigenvalue weighted by molar-refractivity contribution is 7.89. The van der Waals surface area contributed by atoms with Crippen molar-refractivity contribution in [2.45, 2.75) is 57.1 Å². The number of carbonyl (C=O) groups is 6. The van der Waals surface area contributed by atoms with Gasteiger partial charge in [-0.25, -0.2) is 13.2 Å². The van der Waals surface area contributed by atoms with Crippen LogP contribution >= 0.6 is 0 Å². The molecule has 3 atom stereocenters. The third-order valence-electron chi connectivity index (χ3n) is 9.55. The first kappa shape index (κ1) is 38.4. The molecule has 50 heavy (non-hydrogen) atoms. The minimum Gasteiger partial charge on any atom is -0.465 e. The van der Waals surface area contributed by atoms with E-state index in [9.17, 15) is 42.3 Å². The number of benzene rings is 1. The second kappa shape index (κ2) is 14.4. The van der Waals surface area contributed by atoms with Crippen molar-refractivity contribution in [2.24, 2.45) is 16.6 Å². The molecule has 0 radical (unpaired) electrons. The van der Waals surface area contributed by atoms with Gasteiger partial charge in [-0.2, -0.15) is 4.31 Å². The van der Waals surface area contributed by atoms with E-state index in [0.29, 0.717) is 18.4 Å². The molecule has 16 nitrogen and oxygen atoms in total. The summed E-state index contributed by atoms with van der Waals surface area (Å²) >= 11 is 0. The van der Waals surface area contributed by atoms with Crippen LogP contribution in [0.4, 0.5) is 0 Å². The van der Waals surface area contributed by atoms with Crippen LogP contribution in [-0.4, -0.2) is 111 Å². The van der Waals surface area contributed by atoms with Gasteiger partial charge in [-0.15, -0.1) is 0 Å². The van der Waals surface area contributed by atoms with Gasteiger partial charge in [0.1, 0.15) is 18.3 Å². The molecule has 3 amide bonds. The largest absolute Gasteiger partial charge is 0.465 e. The predicted octanol–water partition coefficient (Wildman–Crippen LogP) is -0.920. The first-order valence-corrected chi connectivity index (χ1v) is 17.4. The number of sulfonamides is 1. The van der Waals surface area contributed by atoms with Crippen LogP contribution in [0.25, 0.3) is 0 Å². The average Bonchev–Trinajstić information content (AvgIpc) is 3.84. The van der Waals surface area contributed by atoms with Gasteiger partial charge in [0.05, 0.1) is 35.5 Å². The molecule has 1 fully saturated rings. The third-order valence-corrected chi connectivity index (χ3v) is 11.4. The van der Waals surface area contributed by atoms with Crippen LogP contribution in [0, 0.1) is 10.8 Å².